The molecule has 0 aliphatic carbocycles. The minimum Gasteiger partial charge on any atom is -0.351 e. The van der Waals surface area contributed by atoms with E-state index in [1.807, 2.05) is 72.5 Å². The van der Waals surface area contributed by atoms with Gasteiger partial charge in [-0.25, -0.2) is 19.4 Å². The summed E-state index contributed by atoms with van der Waals surface area (Å²) in [5.41, 5.74) is 3.54. The van der Waals surface area contributed by atoms with Gasteiger partial charge >= 0.3 is 6.03 Å². The summed E-state index contributed by atoms with van der Waals surface area (Å²) in [5.74, 6) is 0.770. The molecule has 0 spiro atoms. The highest BCUT2D eigenvalue weighted by Gasteiger charge is 2.26. The average Bonchev–Trinajstić information content (AvgIpc) is 3.32. The molecule has 2 aromatic carbocycles. The first-order chi connectivity index (χ1) is 16.2. The molecule has 3 heterocycles. The Kier molecular flexibility index (Phi) is 5.84. The van der Waals surface area contributed by atoms with Crippen molar-refractivity contribution < 1.29 is 4.79 Å². The van der Waals surface area contributed by atoms with Crippen molar-refractivity contribution >= 4 is 23.0 Å². The highest BCUT2D eigenvalue weighted by atomic mass is 16.2. The van der Waals surface area contributed by atoms with Gasteiger partial charge in [-0.2, -0.15) is 0 Å². The van der Waals surface area contributed by atoms with E-state index in [2.05, 4.69) is 30.5 Å². The van der Waals surface area contributed by atoms with E-state index in [4.69, 9.17) is 0 Å². The van der Waals surface area contributed by atoms with Crippen molar-refractivity contribution in [2.45, 2.75) is 19.5 Å². The Labute approximate surface area is 192 Å². The van der Waals surface area contributed by atoms with Crippen LogP contribution in [0.15, 0.2) is 67.0 Å². The summed E-state index contributed by atoms with van der Waals surface area (Å²) in [6, 6.07) is 19.8. The number of rotatable bonds is 5. The van der Waals surface area contributed by atoms with Gasteiger partial charge in [0.05, 0.1) is 6.04 Å². The monoisotopic (exact) mass is 442 g/mol. The number of hydrogen-bond donors (Lipinski definition) is 1. The van der Waals surface area contributed by atoms with E-state index >= 15 is 0 Å². The number of nitrogens with zero attached hydrogens (tertiary/aromatic N) is 7. The van der Waals surface area contributed by atoms with E-state index in [9.17, 15) is 4.79 Å². The SMILES string of the molecule is CCn1nnc2c(N3CCN(C(=O)NC(c4ccccc4)c4ccccc4)CC3)ncnc21. The largest absolute Gasteiger partial charge is 0.351 e. The third-order valence-corrected chi connectivity index (χ3v) is 5.98. The summed E-state index contributed by atoms with van der Waals surface area (Å²) in [4.78, 5) is 26.0. The van der Waals surface area contributed by atoms with E-state index in [0.29, 0.717) is 38.2 Å². The van der Waals surface area contributed by atoms with Crippen molar-refractivity contribution in [2.24, 2.45) is 0 Å². The molecule has 168 valence electrons. The smallest absolute Gasteiger partial charge is 0.318 e. The minimum atomic E-state index is -0.205. The van der Waals surface area contributed by atoms with Crippen molar-refractivity contribution in [3.8, 4) is 0 Å². The van der Waals surface area contributed by atoms with Crippen LogP contribution in [0.3, 0.4) is 0 Å². The summed E-state index contributed by atoms with van der Waals surface area (Å²) in [7, 11) is 0. The van der Waals surface area contributed by atoms with Gasteiger partial charge in [0.15, 0.2) is 17.0 Å². The molecule has 9 nitrogen and oxygen atoms in total. The predicted molar refractivity (Wildman–Crippen MR) is 126 cm³/mol. The molecule has 1 fully saturated rings. The number of aryl methyl sites for hydroxylation is 1. The first-order valence-electron chi connectivity index (χ1n) is 11.2. The summed E-state index contributed by atoms with van der Waals surface area (Å²) in [6.07, 6.45) is 1.55. The first kappa shape index (κ1) is 20.9. The lowest BCUT2D eigenvalue weighted by atomic mass is 9.99. The van der Waals surface area contributed by atoms with Crippen LogP contribution in [0.2, 0.25) is 0 Å². The number of urea groups is 1. The number of nitrogens with one attached hydrogen (secondary N) is 1. The number of anilines is 1. The molecule has 9 heteroatoms. The summed E-state index contributed by atoms with van der Waals surface area (Å²) in [6.45, 7) is 5.22. The minimum absolute atomic E-state index is 0.0721. The zero-order valence-corrected chi connectivity index (χ0v) is 18.5. The van der Waals surface area contributed by atoms with Gasteiger partial charge in [0.1, 0.15) is 6.33 Å². The zero-order valence-electron chi connectivity index (χ0n) is 18.5. The third-order valence-electron chi connectivity index (χ3n) is 5.98. The van der Waals surface area contributed by atoms with Crippen LogP contribution >= 0.6 is 0 Å². The molecule has 2 amide bonds. The van der Waals surface area contributed by atoms with Crippen LogP contribution in [0.25, 0.3) is 11.2 Å². The number of aromatic nitrogens is 5. The van der Waals surface area contributed by atoms with Crippen LogP contribution in [0.4, 0.5) is 10.6 Å². The van der Waals surface area contributed by atoms with Gasteiger partial charge in [-0.1, -0.05) is 65.9 Å². The highest BCUT2D eigenvalue weighted by Crippen LogP contribution is 2.24. The van der Waals surface area contributed by atoms with E-state index < -0.39 is 0 Å². The normalized spacial score (nSPS) is 14.1. The van der Waals surface area contributed by atoms with Gasteiger partial charge in [-0.3, -0.25) is 0 Å². The third kappa shape index (κ3) is 4.21. The lowest BCUT2D eigenvalue weighted by Crippen LogP contribution is -2.52. The molecular formula is C24H26N8O. The van der Waals surface area contributed by atoms with Crippen molar-refractivity contribution in [3.05, 3.63) is 78.1 Å². The molecular weight excluding hydrogens is 416 g/mol. The van der Waals surface area contributed by atoms with Gasteiger partial charge < -0.3 is 15.1 Å². The topological polar surface area (TPSA) is 92.1 Å². The summed E-state index contributed by atoms with van der Waals surface area (Å²) < 4.78 is 1.76. The fourth-order valence-electron chi connectivity index (χ4n) is 4.21. The molecule has 0 bridgehead atoms. The maximum absolute atomic E-state index is 13.2. The van der Waals surface area contributed by atoms with Crippen LogP contribution in [0.5, 0.6) is 0 Å². The van der Waals surface area contributed by atoms with Gasteiger partial charge in [-0.15, -0.1) is 5.10 Å². The number of fused-ring (bicyclic) bond motifs is 1. The fourth-order valence-corrected chi connectivity index (χ4v) is 4.21. The predicted octanol–water partition coefficient (Wildman–Crippen LogP) is 2.86. The van der Waals surface area contributed by atoms with Gasteiger partial charge in [0.25, 0.3) is 0 Å². The molecule has 5 rings (SSSR count). The van der Waals surface area contributed by atoms with Crippen molar-refractivity contribution in [1.82, 2.24) is 35.2 Å². The van der Waals surface area contributed by atoms with Crippen LogP contribution in [0.1, 0.15) is 24.1 Å². The molecule has 4 aromatic rings. The Morgan fingerprint density at radius 3 is 2.18 bits per heavy atom. The number of carbonyl (C=O) groups excluding carboxylic acids is 1. The van der Waals surface area contributed by atoms with Crippen LogP contribution in [0, 0.1) is 0 Å². The van der Waals surface area contributed by atoms with Gasteiger partial charge in [0.2, 0.25) is 0 Å². The van der Waals surface area contributed by atoms with Crippen molar-refractivity contribution in [2.75, 3.05) is 31.1 Å². The number of hydrogen-bond acceptors (Lipinski definition) is 6. The molecule has 1 N–H and O–H groups in total. The number of amides is 2. The fraction of sp³-hybridized carbons (Fsp3) is 0.292. The second-order valence-corrected chi connectivity index (χ2v) is 7.95. The molecule has 0 unspecified atom stereocenters. The first-order valence-corrected chi connectivity index (χ1v) is 11.2. The highest BCUT2D eigenvalue weighted by molar-refractivity contribution is 5.83. The average molecular weight is 443 g/mol. The second-order valence-electron chi connectivity index (χ2n) is 7.95. The molecule has 33 heavy (non-hydrogen) atoms. The van der Waals surface area contributed by atoms with Crippen LogP contribution in [-0.4, -0.2) is 62.1 Å². The number of benzene rings is 2. The van der Waals surface area contributed by atoms with Gasteiger partial charge in [-0.05, 0) is 18.1 Å². The maximum Gasteiger partial charge on any atom is 0.318 e. The molecule has 1 saturated heterocycles. The Bertz CT molecular complexity index is 1180. The standard InChI is InChI=1S/C24H26N8O/c1-2-32-23-21(28-29-32)22(25-17-26-23)30-13-15-31(16-14-30)24(33)27-20(18-9-5-3-6-10-18)19-11-7-4-8-12-19/h3-12,17,20H,2,13-16H2,1H3,(H,27,33). The Morgan fingerprint density at radius 2 is 1.58 bits per heavy atom. The molecule has 0 atom stereocenters. The van der Waals surface area contributed by atoms with Crippen LogP contribution in [-0.2, 0) is 6.54 Å². The lowest BCUT2D eigenvalue weighted by molar-refractivity contribution is 0.192. The van der Waals surface area contributed by atoms with E-state index in [0.717, 1.165) is 22.6 Å². The molecule has 1 aliphatic heterocycles. The lowest BCUT2D eigenvalue weighted by Gasteiger charge is -2.36. The number of piperazine rings is 1. The maximum atomic E-state index is 13.2. The summed E-state index contributed by atoms with van der Waals surface area (Å²) in [5, 5.41) is 11.7. The van der Waals surface area contributed by atoms with Crippen LogP contribution < -0.4 is 10.2 Å². The Hall–Kier alpha value is -4.01. The zero-order chi connectivity index (χ0) is 22.6. The van der Waals surface area contributed by atoms with E-state index in [1.165, 1.54) is 0 Å². The van der Waals surface area contributed by atoms with E-state index in [1.54, 1.807) is 11.0 Å². The molecule has 2 aromatic heterocycles. The number of carbonyl (C=O) groups is 1. The summed E-state index contributed by atoms with van der Waals surface area (Å²) >= 11 is 0. The van der Waals surface area contributed by atoms with E-state index in [-0.39, 0.29) is 12.1 Å². The van der Waals surface area contributed by atoms with Crippen molar-refractivity contribution in [1.29, 1.82) is 0 Å². The Balaban J connectivity index is 1.29. The molecule has 0 saturated carbocycles. The van der Waals surface area contributed by atoms with Crippen molar-refractivity contribution in [3.63, 3.8) is 0 Å². The second kappa shape index (κ2) is 9.23. The van der Waals surface area contributed by atoms with Gasteiger partial charge in [0, 0.05) is 32.7 Å². The Morgan fingerprint density at radius 1 is 0.939 bits per heavy atom. The quantitative estimate of drug-likeness (QED) is 0.511. The molecule has 1 aliphatic rings. The molecule has 0 radical (unpaired) electrons.